The lowest BCUT2D eigenvalue weighted by Gasteiger charge is -2.39. The highest BCUT2D eigenvalue weighted by molar-refractivity contribution is 7.80. The molecule has 1 aliphatic heterocycles. The predicted molar refractivity (Wildman–Crippen MR) is 111 cm³/mol. The highest BCUT2D eigenvalue weighted by atomic mass is 35.5. The van der Waals surface area contributed by atoms with Gasteiger partial charge in [-0.05, 0) is 67.7 Å². The van der Waals surface area contributed by atoms with E-state index >= 15 is 0 Å². The molecule has 2 aromatic carbocycles. The summed E-state index contributed by atoms with van der Waals surface area (Å²) in [7, 11) is 0. The monoisotopic (exact) mass is 398 g/mol. The lowest BCUT2D eigenvalue weighted by molar-refractivity contribution is 0.331. The van der Waals surface area contributed by atoms with Crippen LogP contribution in [-0.2, 0) is 5.54 Å². The Morgan fingerprint density at radius 1 is 1.11 bits per heavy atom. The molecule has 0 saturated carbocycles. The van der Waals surface area contributed by atoms with Gasteiger partial charge in [-0.15, -0.1) is 5.10 Å². The Morgan fingerprint density at radius 3 is 2.63 bits per heavy atom. The van der Waals surface area contributed by atoms with Crippen LogP contribution in [0.3, 0.4) is 0 Å². The number of para-hydroxylation sites is 1. The number of rotatable bonds is 2. The Morgan fingerprint density at radius 2 is 1.89 bits per heavy atom. The Balaban J connectivity index is 1.96. The van der Waals surface area contributed by atoms with Crippen LogP contribution in [0.25, 0.3) is 0 Å². The van der Waals surface area contributed by atoms with Gasteiger partial charge in [-0.25, -0.2) is 4.68 Å². The van der Waals surface area contributed by atoms with Crippen molar-refractivity contribution in [1.29, 1.82) is 0 Å². The van der Waals surface area contributed by atoms with Crippen molar-refractivity contribution in [3.8, 4) is 0 Å². The lowest BCUT2D eigenvalue weighted by atomic mass is 9.98. The number of hydrogen-bond donors (Lipinski definition) is 1. The van der Waals surface area contributed by atoms with Crippen LogP contribution in [0.5, 0.6) is 0 Å². The molecule has 138 valence electrons. The minimum absolute atomic E-state index is 0.275. The summed E-state index contributed by atoms with van der Waals surface area (Å²) in [4.78, 5) is 2.01. The molecule has 0 radical (unpaired) electrons. The number of nitrogens with zero attached hydrogens (tertiary/aromatic N) is 5. The van der Waals surface area contributed by atoms with E-state index in [1.807, 2.05) is 52.0 Å². The summed E-state index contributed by atoms with van der Waals surface area (Å²) in [6.45, 7) is 6.21. The molecule has 1 aromatic heterocycles. The second-order valence-corrected chi connectivity index (χ2v) is 8.21. The summed E-state index contributed by atoms with van der Waals surface area (Å²) in [5.41, 5.74) is 2.60. The third-order valence-electron chi connectivity index (χ3n) is 4.43. The van der Waals surface area contributed by atoms with Crippen molar-refractivity contribution in [3.63, 3.8) is 0 Å². The molecule has 0 saturated heterocycles. The van der Waals surface area contributed by atoms with Crippen LogP contribution in [0, 0.1) is 0 Å². The smallest absolute Gasteiger partial charge is 0.179 e. The third-order valence-corrected chi connectivity index (χ3v) is 4.97. The van der Waals surface area contributed by atoms with Crippen LogP contribution in [0.15, 0.2) is 48.5 Å². The molecular formula is C19H19ClN6S. The van der Waals surface area contributed by atoms with Crippen molar-refractivity contribution in [2.75, 3.05) is 10.2 Å². The maximum absolute atomic E-state index is 6.25. The van der Waals surface area contributed by atoms with Crippen LogP contribution < -0.4 is 10.2 Å². The Labute approximate surface area is 168 Å². The van der Waals surface area contributed by atoms with E-state index in [-0.39, 0.29) is 11.6 Å². The first-order valence-electron chi connectivity index (χ1n) is 8.60. The van der Waals surface area contributed by atoms with Crippen LogP contribution >= 0.6 is 23.8 Å². The molecule has 0 bridgehead atoms. The van der Waals surface area contributed by atoms with Gasteiger partial charge in [0.1, 0.15) is 6.04 Å². The molecule has 0 amide bonds. The highest BCUT2D eigenvalue weighted by Crippen LogP contribution is 2.40. The Kier molecular flexibility index (Phi) is 4.36. The maximum Gasteiger partial charge on any atom is 0.179 e. The molecule has 3 aromatic rings. The van der Waals surface area contributed by atoms with E-state index in [9.17, 15) is 0 Å². The number of anilines is 2. The molecule has 8 heteroatoms. The van der Waals surface area contributed by atoms with Crippen molar-refractivity contribution in [3.05, 3.63) is 64.9 Å². The molecule has 27 heavy (non-hydrogen) atoms. The molecular weight excluding hydrogens is 380 g/mol. The fourth-order valence-corrected chi connectivity index (χ4v) is 3.78. The van der Waals surface area contributed by atoms with Gasteiger partial charge in [0.05, 0.1) is 5.54 Å². The number of fused-ring (bicyclic) bond motifs is 1. The van der Waals surface area contributed by atoms with Gasteiger partial charge in [-0.2, -0.15) is 0 Å². The zero-order chi connectivity index (χ0) is 19.2. The summed E-state index contributed by atoms with van der Waals surface area (Å²) >= 11 is 12.0. The topological polar surface area (TPSA) is 58.9 Å². The molecule has 4 rings (SSSR count). The number of tetrazole rings is 1. The normalized spacial score (nSPS) is 16.8. The molecule has 2 heterocycles. The molecule has 1 unspecified atom stereocenters. The highest BCUT2D eigenvalue weighted by Gasteiger charge is 2.37. The average Bonchev–Trinajstić information content (AvgIpc) is 3.10. The molecule has 0 fully saturated rings. The van der Waals surface area contributed by atoms with Gasteiger partial charge in [-0.3, -0.25) is 0 Å². The number of thiocarbonyl (C=S) groups is 1. The van der Waals surface area contributed by atoms with Gasteiger partial charge < -0.3 is 10.2 Å². The number of hydrogen-bond acceptors (Lipinski definition) is 4. The Bertz CT molecular complexity index is 1010. The second kappa shape index (κ2) is 6.58. The quantitative estimate of drug-likeness (QED) is 0.646. The number of halogens is 1. The van der Waals surface area contributed by atoms with Crippen LogP contribution in [0.2, 0.25) is 5.02 Å². The van der Waals surface area contributed by atoms with E-state index in [1.54, 1.807) is 0 Å². The third kappa shape index (κ3) is 3.17. The number of aromatic nitrogens is 4. The van der Waals surface area contributed by atoms with E-state index < -0.39 is 0 Å². The molecule has 1 N–H and O–H groups in total. The zero-order valence-corrected chi connectivity index (χ0v) is 16.8. The summed E-state index contributed by atoms with van der Waals surface area (Å²) in [5.74, 6) is 0.721. The van der Waals surface area contributed by atoms with Crippen molar-refractivity contribution < 1.29 is 0 Å². The molecule has 0 spiro atoms. The summed E-state index contributed by atoms with van der Waals surface area (Å²) < 4.78 is 1.85. The van der Waals surface area contributed by atoms with Crippen molar-refractivity contribution >= 4 is 40.3 Å². The average molecular weight is 399 g/mol. The minimum atomic E-state index is -0.278. The molecule has 1 atom stereocenters. The summed E-state index contributed by atoms with van der Waals surface area (Å²) in [5, 5.41) is 17.1. The van der Waals surface area contributed by atoms with Gasteiger partial charge in [-0.1, -0.05) is 35.9 Å². The van der Waals surface area contributed by atoms with Gasteiger partial charge in [0.2, 0.25) is 0 Å². The minimum Gasteiger partial charge on any atom is -0.332 e. The number of nitrogens with one attached hydrogen (secondary N) is 1. The van der Waals surface area contributed by atoms with Crippen LogP contribution in [0.1, 0.15) is 38.2 Å². The van der Waals surface area contributed by atoms with Gasteiger partial charge in [0.25, 0.3) is 0 Å². The van der Waals surface area contributed by atoms with E-state index in [0.29, 0.717) is 10.1 Å². The maximum atomic E-state index is 6.25. The second-order valence-electron chi connectivity index (χ2n) is 7.39. The first kappa shape index (κ1) is 17.9. The van der Waals surface area contributed by atoms with Gasteiger partial charge >= 0.3 is 0 Å². The molecule has 6 nitrogen and oxygen atoms in total. The van der Waals surface area contributed by atoms with Crippen LogP contribution in [-0.4, -0.2) is 25.3 Å². The standard InChI is InChI=1S/C19H19ClN6S/c1-19(2,3)26-17(22-23-24-26)16-14-9-4-5-10-15(14)21-18(27)25(16)13-8-6-7-12(20)11-13/h4-11,16H,1-3H3,(H,21,27). The largest absolute Gasteiger partial charge is 0.332 e. The predicted octanol–water partition coefficient (Wildman–Crippen LogP) is 4.39. The van der Waals surface area contributed by atoms with Gasteiger partial charge in [0, 0.05) is 22.0 Å². The molecule has 1 aliphatic rings. The fraction of sp³-hybridized carbons (Fsp3) is 0.263. The first-order chi connectivity index (χ1) is 12.9. The van der Waals surface area contributed by atoms with Crippen LogP contribution in [0.4, 0.5) is 11.4 Å². The SMILES string of the molecule is CC(C)(C)n1nnnc1C1c2ccccc2NC(=S)N1c1cccc(Cl)c1. The van der Waals surface area contributed by atoms with E-state index in [2.05, 4.69) is 47.7 Å². The van der Waals surface area contributed by atoms with Crippen molar-refractivity contribution in [2.24, 2.45) is 0 Å². The lowest BCUT2D eigenvalue weighted by Crippen LogP contribution is -2.44. The Hall–Kier alpha value is -2.51. The van der Waals surface area contributed by atoms with E-state index in [4.69, 9.17) is 23.8 Å². The van der Waals surface area contributed by atoms with Gasteiger partial charge in [0.15, 0.2) is 10.9 Å². The van der Waals surface area contributed by atoms with E-state index in [0.717, 1.165) is 22.8 Å². The number of benzene rings is 2. The van der Waals surface area contributed by atoms with E-state index in [1.165, 1.54) is 0 Å². The fourth-order valence-electron chi connectivity index (χ4n) is 3.27. The van der Waals surface area contributed by atoms with Crippen molar-refractivity contribution in [2.45, 2.75) is 32.4 Å². The first-order valence-corrected chi connectivity index (χ1v) is 9.38. The zero-order valence-electron chi connectivity index (χ0n) is 15.2. The summed E-state index contributed by atoms with van der Waals surface area (Å²) in [6, 6.07) is 15.4. The van der Waals surface area contributed by atoms with Crippen molar-refractivity contribution in [1.82, 2.24) is 20.2 Å². The summed E-state index contributed by atoms with van der Waals surface area (Å²) in [6.07, 6.45) is 0. The molecule has 0 aliphatic carbocycles.